The molecule has 1 amide bonds. The van der Waals surface area contributed by atoms with E-state index in [0.717, 1.165) is 64.2 Å². The molecular weight excluding hydrogens is 598 g/mol. The number of rotatable bonds is 30. The van der Waals surface area contributed by atoms with Gasteiger partial charge in [0.05, 0.1) is 25.4 Å². The quantitative estimate of drug-likeness (QED) is 0.0381. The molecule has 1 fully saturated rings. The number of hydrogen-bond acceptors (Lipinski definition) is 8. The highest BCUT2D eigenvalue weighted by atomic mass is 16.7. The molecule has 1 saturated heterocycles. The van der Waals surface area contributed by atoms with E-state index in [0.29, 0.717) is 12.8 Å². The van der Waals surface area contributed by atoms with Crippen molar-refractivity contribution in [2.75, 3.05) is 13.2 Å². The molecular formula is C38H71NO8. The molecule has 1 heterocycles. The summed E-state index contributed by atoms with van der Waals surface area (Å²) in [6, 6.07) is -0.734. The van der Waals surface area contributed by atoms with Crippen molar-refractivity contribution in [1.82, 2.24) is 5.32 Å². The minimum absolute atomic E-state index is 0.153. The predicted molar refractivity (Wildman–Crippen MR) is 189 cm³/mol. The molecule has 0 bridgehead atoms. The van der Waals surface area contributed by atoms with Gasteiger partial charge in [0.1, 0.15) is 24.4 Å². The Morgan fingerprint density at radius 3 is 1.74 bits per heavy atom. The Balaban J connectivity index is 2.44. The third kappa shape index (κ3) is 21.4. The molecule has 0 saturated carbocycles. The second kappa shape index (κ2) is 29.6. The van der Waals surface area contributed by atoms with Crippen molar-refractivity contribution < 1.29 is 39.8 Å². The Bertz CT molecular complexity index is 792. The fourth-order valence-corrected chi connectivity index (χ4v) is 5.85. The molecule has 9 nitrogen and oxygen atoms in total. The normalized spacial score (nSPS) is 23.1. The van der Waals surface area contributed by atoms with Gasteiger partial charge in [0.25, 0.3) is 0 Å². The highest BCUT2D eigenvalue weighted by molar-refractivity contribution is 5.76. The van der Waals surface area contributed by atoms with Gasteiger partial charge in [0.2, 0.25) is 5.91 Å². The van der Waals surface area contributed by atoms with Crippen LogP contribution in [0.15, 0.2) is 24.3 Å². The van der Waals surface area contributed by atoms with E-state index in [2.05, 4.69) is 43.5 Å². The number of ether oxygens (including phenoxy) is 2. The van der Waals surface area contributed by atoms with Crippen LogP contribution in [0.25, 0.3) is 0 Å². The Morgan fingerprint density at radius 1 is 0.702 bits per heavy atom. The molecule has 9 heteroatoms. The average Bonchev–Trinajstić information content (AvgIpc) is 3.07. The number of aliphatic hydroxyl groups is 5. The first kappa shape index (κ1) is 43.7. The van der Waals surface area contributed by atoms with Crippen LogP contribution in [0.1, 0.15) is 155 Å². The maximum absolute atomic E-state index is 12.8. The highest BCUT2D eigenvalue weighted by Gasteiger charge is 2.44. The van der Waals surface area contributed by atoms with Crippen molar-refractivity contribution in [3.8, 4) is 0 Å². The van der Waals surface area contributed by atoms with Crippen LogP contribution < -0.4 is 5.32 Å². The van der Waals surface area contributed by atoms with Gasteiger partial charge in [0, 0.05) is 6.42 Å². The minimum Gasteiger partial charge on any atom is -0.394 e. The van der Waals surface area contributed by atoms with E-state index >= 15 is 0 Å². The Kier molecular flexibility index (Phi) is 27.5. The van der Waals surface area contributed by atoms with Crippen LogP contribution in [0.2, 0.25) is 0 Å². The molecule has 0 radical (unpaired) electrons. The lowest BCUT2D eigenvalue weighted by molar-refractivity contribution is -0.302. The standard InChI is InChI=1S/C38H71NO8/c1-3-5-7-9-11-13-15-16-17-18-20-22-24-26-28-34(42)39-31(30-46-38-37(45)36(44)35(43)33(29-40)47-38)32(41)27-25-23-21-19-14-12-10-8-6-4-2/h14-16,19,31-33,35-38,40-41,43-45H,3-13,17-18,20-30H2,1-2H3,(H,39,42)/b16-15+,19-14+/t31-,32+,33-,35-,36?,37?,38-/m0/s1. The molecule has 1 rings (SSSR count). The Labute approximate surface area is 286 Å². The molecule has 0 aromatic rings. The number of carbonyl (C=O) groups excluding carboxylic acids is 1. The number of allylic oxidation sites excluding steroid dienone is 4. The molecule has 1 aliphatic rings. The van der Waals surface area contributed by atoms with Crippen LogP contribution in [0.5, 0.6) is 0 Å². The summed E-state index contributed by atoms with van der Waals surface area (Å²) in [5, 5.41) is 53.9. The van der Waals surface area contributed by atoms with E-state index in [1.54, 1.807) is 0 Å². The molecule has 7 atom stereocenters. The van der Waals surface area contributed by atoms with E-state index in [-0.39, 0.29) is 12.5 Å². The largest absolute Gasteiger partial charge is 0.394 e. The van der Waals surface area contributed by atoms with Crippen LogP contribution in [0.3, 0.4) is 0 Å². The van der Waals surface area contributed by atoms with Crippen LogP contribution >= 0.6 is 0 Å². The van der Waals surface area contributed by atoms with Gasteiger partial charge in [-0.1, -0.05) is 109 Å². The summed E-state index contributed by atoms with van der Waals surface area (Å²) in [6.07, 6.45) is 24.7. The first-order valence-electron chi connectivity index (χ1n) is 19.0. The van der Waals surface area contributed by atoms with Crippen LogP contribution in [-0.2, 0) is 14.3 Å². The van der Waals surface area contributed by atoms with Gasteiger partial charge in [-0.2, -0.15) is 0 Å². The number of hydrogen-bond donors (Lipinski definition) is 6. The molecule has 0 aromatic heterocycles. The van der Waals surface area contributed by atoms with Crippen molar-refractivity contribution in [2.45, 2.75) is 198 Å². The van der Waals surface area contributed by atoms with Gasteiger partial charge in [0.15, 0.2) is 6.29 Å². The molecule has 0 spiro atoms. The molecule has 1 aliphatic heterocycles. The maximum atomic E-state index is 12.8. The van der Waals surface area contributed by atoms with Crippen molar-refractivity contribution in [2.24, 2.45) is 0 Å². The number of aliphatic hydroxyl groups excluding tert-OH is 5. The number of unbranched alkanes of at least 4 members (excludes halogenated alkanes) is 16. The molecule has 47 heavy (non-hydrogen) atoms. The van der Waals surface area contributed by atoms with Crippen molar-refractivity contribution >= 4 is 5.91 Å². The third-order valence-electron chi connectivity index (χ3n) is 9.03. The third-order valence-corrected chi connectivity index (χ3v) is 9.03. The molecule has 0 aromatic carbocycles. The second-order valence-corrected chi connectivity index (χ2v) is 13.4. The maximum Gasteiger partial charge on any atom is 0.220 e. The first-order valence-corrected chi connectivity index (χ1v) is 19.0. The molecule has 6 N–H and O–H groups in total. The Hall–Kier alpha value is -1.33. The first-order chi connectivity index (χ1) is 22.8. The van der Waals surface area contributed by atoms with Gasteiger partial charge in [-0.05, 0) is 64.2 Å². The van der Waals surface area contributed by atoms with E-state index < -0.39 is 49.5 Å². The van der Waals surface area contributed by atoms with Gasteiger partial charge in [-0.25, -0.2) is 0 Å². The number of amides is 1. The lowest BCUT2D eigenvalue weighted by Crippen LogP contribution is -2.60. The smallest absolute Gasteiger partial charge is 0.220 e. The van der Waals surface area contributed by atoms with E-state index in [4.69, 9.17) is 9.47 Å². The monoisotopic (exact) mass is 670 g/mol. The molecule has 2 unspecified atom stereocenters. The van der Waals surface area contributed by atoms with Gasteiger partial charge < -0.3 is 40.3 Å². The van der Waals surface area contributed by atoms with E-state index in [9.17, 15) is 30.3 Å². The average molecular weight is 670 g/mol. The zero-order valence-corrected chi connectivity index (χ0v) is 29.8. The summed E-state index contributed by atoms with van der Waals surface area (Å²) < 4.78 is 11.2. The predicted octanol–water partition coefficient (Wildman–Crippen LogP) is 6.38. The zero-order chi connectivity index (χ0) is 34.5. The Morgan fingerprint density at radius 2 is 1.19 bits per heavy atom. The summed E-state index contributed by atoms with van der Waals surface area (Å²) in [4.78, 5) is 12.8. The zero-order valence-electron chi connectivity index (χ0n) is 29.8. The molecule has 0 aliphatic carbocycles. The summed E-state index contributed by atoms with van der Waals surface area (Å²) in [7, 11) is 0. The lowest BCUT2D eigenvalue weighted by Gasteiger charge is -2.40. The van der Waals surface area contributed by atoms with E-state index in [1.165, 1.54) is 64.2 Å². The van der Waals surface area contributed by atoms with Gasteiger partial charge in [-0.3, -0.25) is 4.79 Å². The lowest BCUT2D eigenvalue weighted by atomic mass is 9.99. The summed E-state index contributed by atoms with van der Waals surface area (Å²) >= 11 is 0. The van der Waals surface area contributed by atoms with E-state index in [1.807, 2.05) is 0 Å². The SMILES string of the molecule is CCCCCC/C=C/CCCC[C@@H](O)[C@H](CO[C@H]1O[C@@H](CO)[C@H](O)C(O)C1O)NC(=O)CCCCCCC/C=C/CCCCCCC. The van der Waals surface area contributed by atoms with Crippen molar-refractivity contribution in [3.63, 3.8) is 0 Å². The van der Waals surface area contributed by atoms with Crippen LogP contribution in [-0.4, -0.2) is 87.5 Å². The second-order valence-electron chi connectivity index (χ2n) is 13.4. The van der Waals surface area contributed by atoms with Crippen molar-refractivity contribution in [3.05, 3.63) is 24.3 Å². The fraction of sp³-hybridized carbons (Fsp3) is 0.868. The number of carbonyl (C=O) groups is 1. The fourth-order valence-electron chi connectivity index (χ4n) is 5.85. The van der Waals surface area contributed by atoms with Gasteiger partial charge in [-0.15, -0.1) is 0 Å². The minimum atomic E-state index is -1.56. The molecule has 276 valence electrons. The highest BCUT2D eigenvalue weighted by Crippen LogP contribution is 2.22. The summed E-state index contributed by atoms with van der Waals surface area (Å²) in [6.45, 7) is 3.74. The van der Waals surface area contributed by atoms with Crippen molar-refractivity contribution in [1.29, 1.82) is 0 Å². The topological polar surface area (TPSA) is 149 Å². The van der Waals surface area contributed by atoms with Gasteiger partial charge >= 0.3 is 0 Å². The van der Waals surface area contributed by atoms with Crippen LogP contribution in [0.4, 0.5) is 0 Å². The van der Waals surface area contributed by atoms with Crippen LogP contribution in [0, 0.1) is 0 Å². The number of nitrogens with one attached hydrogen (secondary N) is 1. The summed E-state index contributed by atoms with van der Waals surface area (Å²) in [5.41, 5.74) is 0. The summed E-state index contributed by atoms with van der Waals surface area (Å²) in [5.74, 6) is -0.167.